The summed E-state index contributed by atoms with van der Waals surface area (Å²) in [5, 5.41) is 2.67. The third-order valence-corrected chi connectivity index (χ3v) is 5.13. The van der Waals surface area contributed by atoms with Gasteiger partial charge in [-0.2, -0.15) is 0 Å². The van der Waals surface area contributed by atoms with E-state index in [4.69, 9.17) is 4.74 Å². The SMILES string of the molecule is CNC(=O)C1(COC)CCCN1C(=O)C1CC1(C)Br. The van der Waals surface area contributed by atoms with E-state index < -0.39 is 5.54 Å². The van der Waals surface area contributed by atoms with Gasteiger partial charge < -0.3 is 15.0 Å². The minimum atomic E-state index is -0.827. The van der Waals surface area contributed by atoms with Gasteiger partial charge in [-0.15, -0.1) is 0 Å². The number of amides is 2. The number of likely N-dealkylation sites (N-methyl/N-ethyl adjacent to an activating group) is 1. The molecular formula is C13H21BrN2O3. The Morgan fingerprint density at radius 2 is 2.16 bits per heavy atom. The van der Waals surface area contributed by atoms with Crippen LogP contribution in [0.5, 0.6) is 0 Å². The predicted octanol–water partition coefficient (Wildman–Crippen LogP) is 0.913. The average Bonchev–Trinajstić information content (AvgIpc) is 2.82. The number of alkyl halides is 1. The maximum Gasteiger partial charge on any atom is 0.248 e. The van der Waals surface area contributed by atoms with E-state index in [0.717, 1.165) is 12.8 Å². The number of ether oxygens (including phenoxy) is 1. The lowest BCUT2D eigenvalue weighted by molar-refractivity contribution is -0.149. The quantitative estimate of drug-likeness (QED) is 0.778. The van der Waals surface area contributed by atoms with Crippen molar-refractivity contribution in [2.45, 2.75) is 36.0 Å². The number of hydrogen-bond donors (Lipinski definition) is 1. The average molecular weight is 333 g/mol. The summed E-state index contributed by atoms with van der Waals surface area (Å²) >= 11 is 3.55. The van der Waals surface area contributed by atoms with Gasteiger partial charge in [0.1, 0.15) is 5.54 Å². The standard InChI is InChI=1S/C13H21BrN2O3/c1-12(14)7-9(12)10(17)16-6-4-5-13(16,8-19-3)11(18)15-2/h9H,4-8H2,1-3H3,(H,15,18). The topological polar surface area (TPSA) is 58.6 Å². The number of carbonyl (C=O) groups excluding carboxylic acids is 2. The lowest BCUT2D eigenvalue weighted by atomic mass is 9.95. The first-order valence-corrected chi connectivity index (χ1v) is 7.40. The molecule has 1 saturated carbocycles. The minimum Gasteiger partial charge on any atom is -0.382 e. The van der Waals surface area contributed by atoms with E-state index in [1.165, 1.54) is 0 Å². The van der Waals surface area contributed by atoms with Crippen LogP contribution in [0.4, 0.5) is 0 Å². The zero-order valence-electron chi connectivity index (χ0n) is 11.7. The van der Waals surface area contributed by atoms with Crippen molar-refractivity contribution in [2.24, 2.45) is 5.92 Å². The Labute approximate surface area is 122 Å². The lowest BCUT2D eigenvalue weighted by Crippen LogP contribution is -2.60. The smallest absolute Gasteiger partial charge is 0.248 e. The highest BCUT2D eigenvalue weighted by atomic mass is 79.9. The molecule has 0 aromatic carbocycles. The van der Waals surface area contributed by atoms with E-state index in [9.17, 15) is 9.59 Å². The van der Waals surface area contributed by atoms with Crippen molar-refractivity contribution >= 4 is 27.7 Å². The molecule has 1 aliphatic heterocycles. The van der Waals surface area contributed by atoms with E-state index in [1.807, 2.05) is 6.92 Å². The molecule has 0 bridgehead atoms. The van der Waals surface area contributed by atoms with Crippen molar-refractivity contribution in [3.63, 3.8) is 0 Å². The summed E-state index contributed by atoms with van der Waals surface area (Å²) in [6, 6.07) is 0. The van der Waals surface area contributed by atoms with Crippen molar-refractivity contribution in [1.29, 1.82) is 0 Å². The third-order valence-electron chi connectivity index (χ3n) is 4.26. The predicted molar refractivity (Wildman–Crippen MR) is 75.1 cm³/mol. The maximum atomic E-state index is 12.6. The second kappa shape index (κ2) is 5.05. The molecule has 3 unspecified atom stereocenters. The normalized spacial score (nSPS) is 37.3. The van der Waals surface area contributed by atoms with Gasteiger partial charge in [-0.3, -0.25) is 9.59 Å². The van der Waals surface area contributed by atoms with Crippen molar-refractivity contribution in [1.82, 2.24) is 10.2 Å². The molecule has 1 saturated heterocycles. The van der Waals surface area contributed by atoms with Crippen molar-refractivity contribution in [3.8, 4) is 0 Å². The zero-order valence-corrected chi connectivity index (χ0v) is 13.2. The van der Waals surface area contributed by atoms with Crippen molar-refractivity contribution < 1.29 is 14.3 Å². The fraction of sp³-hybridized carbons (Fsp3) is 0.846. The molecule has 108 valence electrons. The van der Waals surface area contributed by atoms with Crippen LogP contribution in [0.3, 0.4) is 0 Å². The van der Waals surface area contributed by atoms with Crippen LogP contribution >= 0.6 is 15.9 Å². The molecule has 2 rings (SSSR count). The Hall–Kier alpha value is -0.620. The van der Waals surface area contributed by atoms with Crippen LogP contribution in [-0.4, -0.2) is 53.9 Å². The molecule has 2 amide bonds. The molecule has 0 radical (unpaired) electrons. The van der Waals surface area contributed by atoms with Gasteiger partial charge in [0, 0.05) is 25.0 Å². The highest BCUT2D eigenvalue weighted by Crippen LogP contribution is 2.52. The molecule has 1 heterocycles. The summed E-state index contributed by atoms with van der Waals surface area (Å²) in [5.74, 6) is -0.0823. The first-order chi connectivity index (χ1) is 8.89. The molecule has 2 aliphatic rings. The van der Waals surface area contributed by atoms with Crippen LogP contribution in [0.25, 0.3) is 0 Å². The van der Waals surface area contributed by atoms with Gasteiger partial charge in [0.25, 0.3) is 0 Å². The summed E-state index contributed by atoms with van der Waals surface area (Å²) < 4.78 is 5.12. The first-order valence-electron chi connectivity index (χ1n) is 6.60. The third kappa shape index (κ3) is 2.40. The second-order valence-electron chi connectivity index (χ2n) is 5.67. The Morgan fingerprint density at radius 3 is 2.63 bits per heavy atom. The van der Waals surface area contributed by atoms with Crippen molar-refractivity contribution in [3.05, 3.63) is 0 Å². The summed E-state index contributed by atoms with van der Waals surface area (Å²) in [4.78, 5) is 26.6. The van der Waals surface area contributed by atoms with E-state index >= 15 is 0 Å². The summed E-state index contributed by atoms with van der Waals surface area (Å²) in [6.07, 6.45) is 2.34. The van der Waals surface area contributed by atoms with E-state index in [2.05, 4.69) is 21.2 Å². The zero-order chi connectivity index (χ0) is 14.3. The van der Waals surface area contributed by atoms with Crippen LogP contribution in [0.1, 0.15) is 26.2 Å². The van der Waals surface area contributed by atoms with Gasteiger partial charge in [-0.25, -0.2) is 0 Å². The Bertz CT molecular complexity index is 399. The van der Waals surface area contributed by atoms with Crippen LogP contribution in [0.2, 0.25) is 0 Å². The van der Waals surface area contributed by atoms with Crippen LogP contribution in [0, 0.1) is 5.92 Å². The van der Waals surface area contributed by atoms with Gasteiger partial charge in [-0.05, 0) is 26.2 Å². The largest absolute Gasteiger partial charge is 0.382 e. The number of likely N-dealkylation sites (tertiary alicyclic amines) is 1. The van der Waals surface area contributed by atoms with Gasteiger partial charge in [0.05, 0.1) is 12.5 Å². The fourth-order valence-electron chi connectivity index (χ4n) is 3.00. The number of methoxy groups -OCH3 is 1. The van der Waals surface area contributed by atoms with E-state index in [-0.39, 0.29) is 28.7 Å². The van der Waals surface area contributed by atoms with Crippen molar-refractivity contribution in [2.75, 3.05) is 27.3 Å². The lowest BCUT2D eigenvalue weighted by Gasteiger charge is -2.36. The monoisotopic (exact) mass is 332 g/mol. The summed E-state index contributed by atoms with van der Waals surface area (Å²) in [6.45, 7) is 2.91. The molecule has 0 spiro atoms. The van der Waals surface area contributed by atoms with Gasteiger partial charge in [-0.1, -0.05) is 15.9 Å². The number of nitrogens with one attached hydrogen (secondary N) is 1. The highest BCUT2D eigenvalue weighted by Gasteiger charge is 2.59. The highest BCUT2D eigenvalue weighted by molar-refractivity contribution is 9.10. The Morgan fingerprint density at radius 1 is 1.53 bits per heavy atom. The summed E-state index contributed by atoms with van der Waals surface area (Å²) in [5.41, 5.74) is -0.827. The molecule has 1 aliphatic carbocycles. The maximum absolute atomic E-state index is 12.6. The number of carbonyl (C=O) groups is 2. The molecule has 6 heteroatoms. The number of nitrogens with zero attached hydrogens (tertiary/aromatic N) is 1. The Kier molecular flexibility index (Phi) is 3.93. The van der Waals surface area contributed by atoms with Gasteiger partial charge in [0.15, 0.2) is 0 Å². The van der Waals surface area contributed by atoms with Crippen LogP contribution in [-0.2, 0) is 14.3 Å². The second-order valence-corrected chi connectivity index (χ2v) is 7.48. The molecule has 19 heavy (non-hydrogen) atoms. The number of halogens is 1. The van der Waals surface area contributed by atoms with Gasteiger partial charge >= 0.3 is 0 Å². The molecule has 3 atom stereocenters. The number of rotatable bonds is 4. The molecule has 2 fully saturated rings. The molecule has 0 aromatic rings. The minimum absolute atomic E-state index is 0.0218. The van der Waals surface area contributed by atoms with Gasteiger partial charge in [0.2, 0.25) is 11.8 Å². The van der Waals surface area contributed by atoms with Crippen LogP contribution in [0.15, 0.2) is 0 Å². The molecule has 1 N–H and O–H groups in total. The van der Waals surface area contributed by atoms with E-state index in [0.29, 0.717) is 13.0 Å². The fourth-order valence-corrected chi connectivity index (χ4v) is 3.52. The molecule has 5 nitrogen and oxygen atoms in total. The summed E-state index contributed by atoms with van der Waals surface area (Å²) in [7, 11) is 3.17. The molecular weight excluding hydrogens is 312 g/mol. The van der Waals surface area contributed by atoms with E-state index in [1.54, 1.807) is 19.1 Å². The first kappa shape index (κ1) is 14.8. The number of hydrogen-bond acceptors (Lipinski definition) is 3. The van der Waals surface area contributed by atoms with Crippen LogP contribution < -0.4 is 5.32 Å². The Balaban J connectivity index is 2.22. The molecule has 0 aromatic heterocycles.